The molecule has 4 aromatic rings. The molecule has 3 aromatic heterocycles. The Kier molecular flexibility index (Phi) is 7.43. The molecule has 0 bridgehead atoms. The summed E-state index contributed by atoms with van der Waals surface area (Å²) in [4.78, 5) is 6.76. The highest BCUT2D eigenvalue weighted by Gasteiger charge is 2.37. The maximum atomic E-state index is 14.2. The third-order valence-electron chi connectivity index (χ3n) is 8.08. The zero-order valence-electron chi connectivity index (χ0n) is 23.6. The predicted octanol–water partition coefficient (Wildman–Crippen LogP) is 6.24. The molecule has 39 heavy (non-hydrogen) atoms. The average molecular weight is 549 g/mol. The number of rotatable bonds is 8. The van der Waals surface area contributed by atoms with Gasteiger partial charge in [0.25, 0.3) is 0 Å². The summed E-state index contributed by atoms with van der Waals surface area (Å²) >= 11 is 0. The Balaban J connectivity index is 1.41. The van der Waals surface area contributed by atoms with Gasteiger partial charge in [-0.25, -0.2) is 13.9 Å². The normalized spacial score (nSPS) is 16.3. The van der Waals surface area contributed by atoms with E-state index in [2.05, 4.69) is 53.9 Å². The van der Waals surface area contributed by atoms with Gasteiger partial charge in [-0.15, -0.1) is 10.2 Å². The molecule has 0 spiro atoms. The molecule has 1 fully saturated rings. The maximum Gasteiger partial charge on any atom is 0.191 e. The van der Waals surface area contributed by atoms with Crippen LogP contribution in [-0.4, -0.2) is 53.4 Å². The average Bonchev–Trinajstić information content (AvgIpc) is 3.55. The molecule has 1 saturated heterocycles. The molecule has 0 radical (unpaired) electrons. The van der Waals surface area contributed by atoms with Crippen LogP contribution in [0.25, 0.3) is 17.0 Å². The quantitative estimate of drug-likeness (QED) is 0.241. The van der Waals surface area contributed by atoms with Gasteiger partial charge in [-0.05, 0) is 79.4 Å². The number of methoxy groups -OCH3 is 1. The van der Waals surface area contributed by atoms with Crippen LogP contribution in [0.3, 0.4) is 0 Å². The van der Waals surface area contributed by atoms with E-state index in [0.717, 1.165) is 54.1 Å². The van der Waals surface area contributed by atoms with Gasteiger partial charge in [-0.3, -0.25) is 0 Å². The number of hydrogen-bond donors (Lipinski definition) is 0. The summed E-state index contributed by atoms with van der Waals surface area (Å²) in [5.41, 5.74) is 4.09. The largest absolute Gasteiger partial charge is 0.496 e. The van der Waals surface area contributed by atoms with E-state index in [9.17, 15) is 4.39 Å². The highest BCUT2D eigenvalue weighted by molar-refractivity contribution is 6.74. The molecule has 0 saturated carbocycles. The van der Waals surface area contributed by atoms with Crippen molar-refractivity contribution in [1.82, 2.24) is 24.8 Å². The van der Waals surface area contributed by atoms with Crippen LogP contribution in [0, 0.1) is 5.82 Å². The highest BCUT2D eigenvalue weighted by atomic mass is 28.4. The van der Waals surface area contributed by atoms with Crippen LogP contribution in [0.4, 0.5) is 10.2 Å². The van der Waals surface area contributed by atoms with Crippen molar-refractivity contribution in [1.29, 1.82) is 0 Å². The number of benzene rings is 1. The predicted molar refractivity (Wildman–Crippen MR) is 153 cm³/mol. The molecule has 1 aliphatic heterocycles. The van der Waals surface area contributed by atoms with Gasteiger partial charge in [0.15, 0.2) is 14.0 Å². The van der Waals surface area contributed by atoms with E-state index in [1.54, 1.807) is 31.6 Å². The zero-order valence-corrected chi connectivity index (χ0v) is 24.6. The highest BCUT2D eigenvalue weighted by Crippen LogP contribution is 2.40. The van der Waals surface area contributed by atoms with Crippen molar-refractivity contribution in [2.45, 2.75) is 64.2 Å². The maximum absolute atomic E-state index is 14.2. The minimum absolute atomic E-state index is 0.0309. The molecule has 0 N–H and O–H groups in total. The van der Waals surface area contributed by atoms with E-state index in [-0.39, 0.29) is 16.9 Å². The minimum Gasteiger partial charge on any atom is -0.496 e. The molecule has 1 aromatic carbocycles. The van der Waals surface area contributed by atoms with E-state index in [1.807, 2.05) is 22.7 Å². The van der Waals surface area contributed by atoms with Crippen molar-refractivity contribution < 1.29 is 13.6 Å². The van der Waals surface area contributed by atoms with Crippen molar-refractivity contribution in [3.05, 3.63) is 65.7 Å². The first-order chi connectivity index (χ1) is 18.6. The van der Waals surface area contributed by atoms with Gasteiger partial charge in [0.2, 0.25) is 0 Å². The van der Waals surface area contributed by atoms with Crippen LogP contribution in [0.15, 0.2) is 48.8 Å². The van der Waals surface area contributed by atoms with Gasteiger partial charge in [-0.1, -0.05) is 20.8 Å². The third kappa shape index (κ3) is 5.53. The molecule has 4 heterocycles. The van der Waals surface area contributed by atoms with Gasteiger partial charge in [-0.2, -0.15) is 5.10 Å². The summed E-state index contributed by atoms with van der Waals surface area (Å²) in [7, 11) is -0.196. The van der Waals surface area contributed by atoms with Crippen LogP contribution in [0.2, 0.25) is 18.1 Å². The molecule has 10 heteroatoms. The molecule has 0 amide bonds. The number of aromatic nitrogens is 5. The zero-order chi connectivity index (χ0) is 27.8. The van der Waals surface area contributed by atoms with Crippen LogP contribution < -0.4 is 9.64 Å². The fraction of sp³-hybridized carbons (Fsp3) is 0.448. The van der Waals surface area contributed by atoms with Gasteiger partial charge in [0.05, 0.1) is 25.5 Å². The topological polar surface area (TPSA) is 77.7 Å². The second-order valence-corrected chi connectivity index (χ2v) is 16.5. The van der Waals surface area contributed by atoms with Crippen LogP contribution >= 0.6 is 0 Å². The molecule has 1 atom stereocenters. The van der Waals surface area contributed by atoms with E-state index in [1.165, 1.54) is 6.07 Å². The minimum atomic E-state index is -1.81. The summed E-state index contributed by atoms with van der Waals surface area (Å²) in [5, 5.41) is 13.8. The Morgan fingerprint density at radius 2 is 1.92 bits per heavy atom. The summed E-state index contributed by atoms with van der Waals surface area (Å²) in [6.45, 7) is 12.7. The van der Waals surface area contributed by atoms with Crippen molar-refractivity contribution >= 4 is 19.8 Å². The van der Waals surface area contributed by atoms with Gasteiger partial charge in [0, 0.05) is 18.7 Å². The molecule has 0 unspecified atom stereocenters. The summed E-state index contributed by atoms with van der Waals surface area (Å²) < 4.78 is 27.9. The van der Waals surface area contributed by atoms with E-state index < -0.39 is 8.32 Å². The van der Waals surface area contributed by atoms with Crippen LogP contribution in [0.5, 0.6) is 5.75 Å². The second kappa shape index (κ2) is 10.7. The number of nitrogens with zero attached hydrogens (tertiary/aromatic N) is 6. The number of ether oxygens (including phenoxy) is 1. The fourth-order valence-corrected chi connectivity index (χ4v) is 5.88. The molecule has 5 rings (SSSR count). The number of halogens is 1. The first-order valence-electron chi connectivity index (χ1n) is 13.5. The summed E-state index contributed by atoms with van der Waals surface area (Å²) in [6.07, 6.45) is 6.20. The Bertz CT molecular complexity index is 1470. The lowest BCUT2D eigenvalue weighted by molar-refractivity contribution is 0.292. The summed E-state index contributed by atoms with van der Waals surface area (Å²) in [5.74, 6) is 1.20. The smallest absolute Gasteiger partial charge is 0.191 e. The van der Waals surface area contributed by atoms with Crippen LogP contribution in [0.1, 0.15) is 50.8 Å². The molecule has 1 aliphatic rings. The molecule has 206 valence electrons. The van der Waals surface area contributed by atoms with E-state index >= 15 is 0 Å². The van der Waals surface area contributed by atoms with Gasteiger partial charge < -0.3 is 14.1 Å². The molecular weight excluding hydrogens is 511 g/mol. The van der Waals surface area contributed by atoms with Crippen molar-refractivity contribution in [2.24, 2.45) is 0 Å². The lowest BCUT2D eigenvalue weighted by Crippen LogP contribution is -2.41. The van der Waals surface area contributed by atoms with E-state index in [0.29, 0.717) is 18.1 Å². The molecular formula is C29H37FN6O2Si. The lowest BCUT2D eigenvalue weighted by Gasteiger charge is -2.36. The number of anilines is 1. The molecule has 8 nitrogen and oxygen atoms in total. The standard InChI is InChI=1S/C29H37FN6O2Si/c1-29(2,3)39(5,6)38-15-13-20-16-23(33-32-18-20)25-19-31-27-11-12-28(34-36(25)27)35-14-7-8-24(35)22-17-21(30)9-10-26(22)37-4/h9-12,16-19,24H,7-8,13-15H2,1-6H3/t24-/m1/s1. The SMILES string of the molecule is COc1ccc(F)cc1[C@H]1CCCN1c1ccc2ncc(-c3cc(CCO[Si](C)(C)C(C)(C)C)cnn3)n2n1. The molecule has 0 aliphatic carbocycles. The van der Waals surface area contributed by atoms with Crippen molar-refractivity contribution in [3.63, 3.8) is 0 Å². The van der Waals surface area contributed by atoms with Crippen molar-refractivity contribution in [3.8, 4) is 17.1 Å². The fourth-order valence-electron chi connectivity index (χ4n) is 4.83. The number of fused-ring (bicyclic) bond motifs is 1. The van der Waals surface area contributed by atoms with Gasteiger partial charge >= 0.3 is 0 Å². The third-order valence-corrected chi connectivity index (χ3v) is 12.6. The Morgan fingerprint density at radius 1 is 1.10 bits per heavy atom. The Morgan fingerprint density at radius 3 is 2.69 bits per heavy atom. The number of hydrogen-bond acceptors (Lipinski definition) is 7. The van der Waals surface area contributed by atoms with E-state index in [4.69, 9.17) is 14.3 Å². The Hall–Kier alpha value is -3.37. The van der Waals surface area contributed by atoms with Crippen LogP contribution in [-0.2, 0) is 10.8 Å². The first-order valence-corrected chi connectivity index (χ1v) is 16.4. The lowest BCUT2D eigenvalue weighted by atomic mass is 10.0. The number of imidazole rings is 1. The van der Waals surface area contributed by atoms with Crippen molar-refractivity contribution in [2.75, 3.05) is 25.2 Å². The summed E-state index contributed by atoms with van der Waals surface area (Å²) in [6, 6.07) is 10.6. The first kappa shape index (κ1) is 27.2. The van der Waals surface area contributed by atoms with Gasteiger partial charge in [0.1, 0.15) is 28.8 Å². The monoisotopic (exact) mass is 548 g/mol. The second-order valence-electron chi connectivity index (χ2n) is 11.7. The Labute approximate surface area is 230 Å².